The summed E-state index contributed by atoms with van der Waals surface area (Å²) in [6.07, 6.45) is 17.0. The Morgan fingerprint density at radius 3 is 1.88 bits per heavy atom. The summed E-state index contributed by atoms with van der Waals surface area (Å²) in [6.45, 7) is 7.03. The third-order valence-corrected chi connectivity index (χ3v) is 11.2. The minimum atomic E-state index is -1.93. The maximum absolute atomic E-state index is 13.0. The summed E-state index contributed by atoms with van der Waals surface area (Å²) >= 11 is 0. The first-order chi connectivity index (χ1) is 28.5. The van der Waals surface area contributed by atoms with Crippen molar-refractivity contribution >= 4 is 11.8 Å². The summed E-state index contributed by atoms with van der Waals surface area (Å²) in [5, 5.41) is 75.0. The van der Waals surface area contributed by atoms with Gasteiger partial charge in [-0.2, -0.15) is 0 Å². The van der Waals surface area contributed by atoms with Crippen LogP contribution in [-0.4, -0.2) is 127 Å². The number of ketones is 1. The van der Waals surface area contributed by atoms with Crippen LogP contribution in [0.3, 0.4) is 0 Å². The van der Waals surface area contributed by atoms with Crippen LogP contribution >= 0.6 is 0 Å². The second kappa shape index (κ2) is 26.4. The third-order valence-electron chi connectivity index (χ3n) is 11.2. The van der Waals surface area contributed by atoms with Crippen molar-refractivity contribution in [1.29, 1.82) is 0 Å². The number of aliphatic hydroxyl groups is 7. The van der Waals surface area contributed by atoms with Crippen LogP contribution in [-0.2, 0) is 28.5 Å². The van der Waals surface area contributed by atoms with Crippen molar-refractivity contribution in [3.63, 3.8) is 0 Å². The molecule has 15 atom stereocenters. The molecule has 0 spiro atoms. The number of hydrogen-bond donors (Lipinski definition) is 8. The van der Waals surface area contributed by atoms with Crippen molar-refractivity contribution in [2.45, 2.75) is 177 Å². The van der Waals surface area contributed by atoms with Crippen LogP contribution in [0.4, 0.5) is 0 Å². The van der Waals surface area contributed by atoms with Crippen LogP contribution in [0.5, 0.6) is 0 Å². The molecule has 3 heterocycles. The van der Waals surface area contributed by atoms with Crippen molar-refractivity contribution < 1.29 is 64.3 Å². The second-order valence-electron chi connectivity index (χ2n) is 16.6. The molecule has 60 heavy (non-hydrogen) atoms. The lowest BCUT2D eigenvalue weighted by Gasteiger charge is -2.42. The summed E-state index contributed by atoms with van der Waals surface area (Å²) in [7, 11) is 0. The Balaban J connectivity index is 1.74. The molecular formula is C46H71NO13. The van der Waals surface area contributed by atoms with Gasteiger partial charge in [-0.05, 0) is 52.4 Å². The van der Waals surface area contributed by atoms with Gasteiger partial charge in [0.15, 0.2) is 12.1 Å². The fourth-order valence-electron chi connectivity index (χ4n) is 7.47. The van der Waals surface area contributed by atoms with Gasteiger partial charge < -0.3 is 60.4 Å². The standard InChI is InChI=1S/C46H71NO13/c1-30-19-15-13-11-9-7-5-6-8-10-12-14-16-24-38(59-45-44(55)41(47)43(54)33(4)58-45)27-39-25-37(51)29-46(56,60-39)28-36(50)23-18-21-34(48)20-17-22-35(49)26-40(52)57-32(3)31(2)42(30)53/h5-16,19,24,30-35,37-39,41-45,48-49,51,53-56H,17-18,20-23,25-29,47H2,1-4H3/b6-5+,9-7+,10-8+,13-11+,14-12+,19-15+,24-16+/t30-,31-,32-,33?,34-,35+,37+,38-,39?,41?,42+,43?,44?,45?,46+/m0/s1. The lowest BCUT2D eigenvalue weighted by atomic mass is 9.89. The fraction of sp³-hybridized carbons (Fsp3) is 0.652. The van der Waals surface area contributed by atoms with E-state index in [-0.39, 0.29) is 62.6 Å². The molecule has 3 aliphatic heterocycles. The first kappa shape index (κ1) is 51.2. The highest BCUT2D eigenvalue weighted by atomic mass is 16.7. The molecule has 0 aromatic heterocycles. The Labute approximate surface area is 355 Å². The maximum Gasteiger partial charge on any atom is 0.308 e. The van der Waals surface area contributed by atoms with Gasteiger partial charge in [-0.15, -0.1) is 0 Å². The lowest BCUT2D eigenvalue weighted by Crippen LogP contribution is -2.61. The van der Waals surface area contributed by atoms with E-state index in [0.717, 1.165) is 0 Å². The molecule has 0 aliphatic carbocycles. The van der Waals surface area contributed by atoms with Crippen molar-refractivity contribution in [1.82, 2.24) is 0 Å². The molecule has 14 nitrogen and oxygen atoms in total. The topological polar surface area (TPSA) is 239 Å². The number of rotatable bonds is 2. The van der Waals surface area contributed by atoms with Crippen molar-refractivity contribution in [3.05, 3.63) is 85.1 Å². The molecule has 6 unspecified atom stereocenters. The van der Waals surface area contributed by atoms with Crippen LogP contribution in [0.25, 0.3) is 0 Å². The first-order valence-electron chi connectivity index (χ1n) is 21.4. The van der Waals surface area contributed by atoms with Crippen molar-refractivity contribution in [3.8, 4) is 0 Å². The zero-order chi connectivity index (χ0) is 44.2. The number of ether oxygens (including phenoxy) is 4. The fourth-order valence-corrected chi connectivity index (χ4v) is 7.47. The van der Waals surface area contributed by atoms with Gasteiger partial charge in [-0.1, -0.05) is 98.9 Å². The van der Waals surface area contributed by atoms with E-state index in [9.17, 15) is 45.3 Å². The van der Waals surface area contributed by atoms with E-state index in [0.29, 0.717) is 25.7 Å². The highest BCUT2D eigenvalue weighted by Gasteiger charge is 2.44. The summed E-state index contributed by atoms with van der Waals surface area (Å²) in [5.41, 5.74) is 6.04. The average Bonchev–Trinajstić information content (AvgIpc) is 3.17. The van der Waals surface area contributed by atoms with Gasteiger partial charge in [-0.25, -0.2) is 0 Å². The molecule has 0 amide bonds. The Hall–Kier alpha value is -3.12. The predicted octanol–water partition coefficient (Wildman–Crippen LogP) is 3.67. The Morgan fingerprint density at radius 2 is 1.25 bits per heavy atom. The SMILES string of the molecule is CC1OC(O[C@H]2/C=C/C=C/C=C/C=C/C=C/C=C/C=C/[C@H](C)[C@@H](O)[C@@H](C)[C@H](C)OC(=O)C[C@H](O)CCC[C@H](O)CCCC(=O)C[C@]3(O)C[C@H](O)CC(C2)O3)C(O)C(N)C1O. The van der Waals surface area contributed by atoms with Gasteiger partial charge in [0.2, 0.25) is 0 Å². The summed E-state index contributed by atoms with van der Waals surface area (Å²) in [5.74, 6) is -3.38. The van der Waals surface area contributed by atoms with Crippen molar-refractivity contribution in [2.24, 2.45) is 17.6 Å². The number of Topliss-reactive ketones (excluding diaryl/α,β-unsaturated/α-hetero) is 1. The van der Waals surface area contributed by atoms with E-state index >= 15 is 0 Å². The summed E-state index contributed by atoms with van der Waals surface area (Å²) < 4.78 is 23.5. The Morgan fingerprint density at radius 1 is 0.683 bits per heavy atom. The van der Waals surface area contributed by atoms with Gasteiger partial charge in [0, 0.05) is 31.1 Å². The number of hydrogen-bond acceptors (Lipinski definition) is 14. The highest BCUT2D eigenvalue weighted by Crippen LogP contribution is 2.34. The van der Waals surface area contributed by atoms with E-state index < -0.39 is 85.1 Å². The number of carbonyl (C=O) groups is 2. The number of carbonyl (C=O) groups excluding carboxylic acids is 2. The van der Waals surface area contributed by atoms with E-state index in [1.165, 1.54) is 0 Å². The van der Waals surface area contributed by atoms with E-state index in [2.05, 4.69) is 0 Å². The molecule has 0 aromatic rings. The predicted molar refractivity (Wildman–Crippen MR) is 227 cm³/mol. The second-order valence-corrected chi connectivity index (χ2v) is 16.6. The highest BCUT2D eigenvalue weighted by molar-refractivity contribution is 5.79. The minimum Gasteiger partial charge on any atom is -0.462 e. The van der Waals surface area contributed by atoms with Crippen LogP contribution in [0.15, 0.2) is 85.1 Å². The minimum absolute atomic E-state index is 0.0678. The molecule has 0 aromatic carbocycles. The number of nitrogens with two attached hydrogens (primary N) is 1. The van der Waals surface area contributed by atoms with Gasteiger partial charge in [0.05, 0.1) is 67.7 Å². The normalized spacial score (nSPS) is 43.4. The maximum atomic E-state index is 13.0. The Bertz CT molecular complexity index is 1510. The lowest BCUT2D eigenvalue weighted by molar-refractivity contribution is -0.292. The van der Waals surface area contributed by atoms with Gasteiger partial charge >= 0.3 is 5.97 Å². The van der Waals surface area contributed by atoms with Crippen LogP contribution in [0.1, 0.15) is 98.3 Å². The molecule has 2 fully saturated rings. The number of fused-ring (bicyclic) bond motifs is 2. The monoisotopic (exact) mass is 845 g/mol. The van der Waals surface area contributed by atoms with Crippen LogP contribution in [0.2, 0.25) is 0 Å². The molecule has 3 aliphatic rings. The van der Waals surface area contributed by atoms with E-state index in [1.54, 1.807) is 38.2 Å². The average molecular weight is 846 g/mol. The zero-order valence-corrected chi connectivity index (χ0v) is 35.6. The van der Waals surface area contributed by atoms with E-state index in [1.807, 2.05) is 74.6 Å². The number of aliphatic hydroxyl groups excluding tert-OH is 6. The molecule has 2 saturated heterocycles. The molecule has 0 radical (unpaired) electrons. The molecule has 14 heteroatoms. The number of allylic oxidation sites excluding steroid dienone is 12. The summed E-state index contributed by atoms with van der Waals surface area (Å²) in [4.78, 5) is 25.6. The van der Waals surface area contributed by atoms with E-state index in [4.69, 9.17) is 24.7 Å². The molecular weight excluding hydrogens is 775 g/mol. The number of cyclic esters (lactones) is 1. The van der Waals surface area contributed by atoms with Crippen molar-refractivity contribution in [2.75, 3.05) is 0 Å². The summed E-state index contributed by atoms with van der Waals surface area (Å²) in [6, 6.07) is -1.01. The Kier molecular flexibility index (Phi) is 22.5. The molecule has 338 valence electrons. The molecule has 0 saturated carbocycles. The number of esters is 1. The van der Waals surface area contributed by atoms with Crippen LogP contribution < -0.4 is 5.73 Å². The van der Waals surface area contributed by atoms with Crippen LogP contribution in [0, 0.1) is 11.8 Å². The van der Waals surface area contributed by atoms with Gasteiger partial charge in [-0.3, -0.25) is 9.59 Å². The quantitative estimate of drug-likeness (QED) is 0.185. The zero-order valence-electron chi connectivity index (χ0n) is 35.6. The largest absolute Gasteiger partial charge is 0.462 e. The van der Waals surface area contributed by atoms with Gasteiger partial charge in [0.1, 0.15) is 18.0 Å². The third kappa shape index (κ3) is 18.5. The van der Waals surface area contributed by atoms with Gasteiger partial charge in [0.25, 0.3) is 0 Å². The first-order valence-corrected chi connectivity index (χ1v) is 21.4. The smallest absolute Gasteiger partial charge is 0.308 e. The molecule has 9 N–H and O–H groups in total. The molecule has 2 bridgehead atoms. The molecule has 3 rings (SSSR count).